The van der Waals surface area contributed by atoms with Gasteiger partial charge in [-0.3, -0.25) is 4.99 Å². The van der Waals surface area contributed by atoms with Crippen molar-refractivity contribution in [3.8, 4) is 11.6 Å². The summed E-state index contributed by atoms with van der Waals surface area (Å²) in [6.45, 7) is 4.69. The summed E-state index contributed by atoms with van der Waals surface area (Å²) >= 11 is 0. The normalized spacial score (nSPS) is 11.1. The molecule has 0 aliphatic rings. The fourth-order valence-electron chi connectivity index (χ4n) is 2.21. The first-order chi connectivity index (χ1) is 12.8. The average Bonchev–Trinajstić information content (AvgIpc) is 2.70. The SMILES string of the molecule is CCCCNC(=NC)NCc1ccc(OCCOc2ccccc2)nc1. The van der Waals surface area contributed by atoms with E-state index in [1.165, 1.54) is 0 Å². The zero-order valence-corrected chi connectivity index (χ0v) is 15.6. The Hall–Kier alpha value is -2.76. The van der Waals surface area contributed by atoms with Gasteiger partial charge in [-0.1, -0.05) is 37.6 Å². The maximum atomic E-state index is 5.60. The predicted molar refractivity (Wildman–Crippen MR) is 105 cm³/mol. The molecule has 1 aromatic carbocycles. The second kappa shape index (κ2) is 11.7. The number of ether oxygens (including phenoxy) is 2. The van der Waals surface area contributed by atoms with Gasteiger partial charge in [0, 0.05) is 32.4 Å². The van der Waals surface area contributed by atoms with Crippen LogP contribution in [0, 0.1) is 0 Å². The Morgan fingerprint density at radius 2 is 1.85 bits per heavy atom. The summed E-state index contributed by atoms with van der Waals surface area (Å²) in [6.07, 6.45) is 4.09. The van der Waals surface area contributed by atoms with Crippen LogP contribution in [0.2, 0.25) is 0 Å². The molecule has 6 nitrogen and oxygen atoms in total. The van der Waals surface area contributed by atoms with Crippen molar-refractivity contribution in [1.82, 2.24) is 15.6 Å². The van der Waals surface area contributed by atoms with Gasteiger partial charge in [0.1, 0.15) is 19.0 Å². The Morgan fingerprint density at radius 1 is 1.04 bits per heavy atom. The van der Waals surface area contributed by atoms with E-state index < -0.39 is 0 Å². The molecule has 2 N–H and O–H groups in total. The zero-order chi connectivity index (χ0) is 18.5. The van der Waals surface area contributed by atoms with E-state index in [1.54, 1.807) is 13.2 Å². The van der Waals surface area contributed by atoms with Crippen LogP contribution in [-0.4, -0.2) is 37.7 Å². The number of hydrogen-bond acceptors (Lipinski definition) is 4. The molecule has 6 heteroatoms. The molecule has 0 aliphatic carbocycles. The number of guanidine groups is 1. The van der Waals surface area contributed by atoms with Gasteiger partial charge in [-0.15, -0.1) is 0 Å². The standard InChI is InChI=1S/C20H28N4O2/c1-3-4-12-22-20(21-2)24-16-17-10-11-19(23-15-17)26-14-13-25-18-8-6-5-7-9-18/h5-11,15H,3-4,12-14,16H2,1-2H3,(H2,21,22,24). The van der Waals surface area contributed by atoms with Gasteiger partial charge in [0.25, 0.3) is 0 Å². The van der Waals surface area contributed by atoms with Crippen LogP contribution in [0.4, 0.5) is 0 Å². The lowest BCUT2D eigenvalue weighted by Crippen LogP contribution is -2.37. The molecule has 0 aliphatic heterocycles. The highest BCUT2D eigenvalue weighted by atomic mass is 16.5. The van der Waals surface area contributed by atoms with Crippen LogP contribution in [0.15, 0.2) is 53.7 Å². The highest BCUT2D eigenvalue weighted by Crippen LogP contribution is 2.09. The molecule has 0 saturated heterocycles. The fourth-order valence-corrected chi connectivity index (χ4v) is 2.21. The van der Waals surface area contributed by atoms with Crippen LogP contribution in [0.3, 0.4) is 0 Å². The third kappa shape index (κ3) is 7.42. The highest BCUT2D eigenvalue weighted by Gasteiger charge is 2.00. The summed E-state index contributed by atoms with van der Waals surface area (Å²) in [5, 5.41) is 6.55. The summed E-state index contributed by atoms with van der Waals surface area (Å²) in [5.41, 5.74) is 1.07. The van der Waals surface area contributed by atoms with Crippen molar-refractivity contribution in [2.24, 2.45) is 4.99 Å². The van der Waals surface area contributed by atoms with Gasteiger partial charge in [-0.2, -0.15) is 0 Å². The van der Waals surface area contributed by atoms with Crippen LogP contribution in [0.25, 0.3) is 0 Å². The summed E-state index contributed by atoms with van der Waals surface area (Å²) < 4.78 is 11.2. The molecule has 2 aromatic rings. The van der Waals surface area contributed by atoms with Crippen molar-refractivity contribution in [1.29, 1.82) is 0 Å². The number of benzene rings is 1. The Kier molecular flexibility index (Phi) is 8.83. The third-order valence-corrected chi connectivity index (χ3v) is 3.65. The smallest absolute Gasteiger partial charge is 0.213 e. The highest BCUT2D eigenvalue weighted by molar-refractivity contribution is 5.79. The minimum Gasteiger partial charge on any atom is -0.490 e. The van der Waals surface area contributed by atoms with E-state index in [4.69, 9.17) is 9.47 Å². The van der Waals surface area contributed by atoms with Crippen LogP contribution in [0.1, 0.15) is 25.3 Å². The Bertz CT molecular complexity index is 645. The molecular weight excluding hydrogens is 328 g/mol. The van der Waals surface area contributed by atoms with Crippen molar-refractivity contribution in [3.05, 3.63) is 54.2 Å². The van der Waals surface area contributed by atoms with Gasteiger partial charge in [0.05, 0.1) is 0 Å². The number of para-hydroxylation sites is 1. The van der Waals surface area contributed by atoms with Crippen molar-refractivity contribution >= 4 is 5.96 Å². The van der Waals surface area contributed by atoms with E-state index in [1.807, 2.05) is 42.5 Å². The summed E-state index contributed by atoms with van der Waals surface area (Å²) in [7, 11) is 1.77. The van der Waals surface area contributed by atoms with Crippen LogP contribution >= 0.6 is 0 Å². The topological polar surface area (TPSA) is 67.8 Å². The summed E-state index contributed by atoms with van der Waals surface area (Å²) in [4.78, 5) is 8.53. The van der Waals surface area contributed by atoms with E-state index in [0.29, 0.717) is 25.6 Å². The van der Waals surface area contributed by atoms with Crippen molar-refractivity contribution in [2.75, 3.05) is 26.8 Å². The maximum absolute atomic E-state index is 5.60. The van der Waals surface area contributed by atoms with Crippen molar-refractivity contribution in [2.45, 2.75) is 26.3 Å². The molecule has 0 amide bonds. The van der Waals surface area contributed by atoms with Crippen molar-refractivity contribution < 1.29 is 9.47 Å². The maximum Gasteiger partial charge on any atom is 0.213 e. The molecule has 0 radical (unpaired) electrons. The zero-order valence-electron chi connectivity index (χ0n) is 15.6. The number of nitrogens with one attached hydrogen (secondary N) is 2. The lowest BCUT2D eigenvalue weighted by atomic mass is 10.3. The first kappa shape index (κ1) is 19.6. The molecule has 0 spiro atoms. The summed E-state index contributed by atoms with van der Waals surface area (Å²) in [6, 6.07) is 13.5. The number of rotatable bonds is 10. The first-order valence-electron chi connectivity index (χ1n) is 9.02. The number of nitrogens with zero attached hydrogens (tertiary/aromatic N) is 2. The molecule has 1 aromatic heterocycles. The molecule has 2 rings (SSSR count). The fraction of sp³-hybridized carbons (Fsp3) is 0.400. The Labute approximate surface area is 155 Å². The molecule has 0 unspecified atom stereocenters. The lowest BCUT2D eigenvalue weighted by Gasteiger charge is -2.12. The number of hydrogen-bond donors (Lipinski definition) is 2. The minimum atomic E-state index is 0.452. The van der Waals surface area contributed by atoms with Gasteiger partial charge >= 0.3 is 0 Å². The van der Waals surface area contributed by atoms with E-state index in [0.717, 1.165) is 36.7 Å². The predicted octanol–water partition coefficient (Wildman–Crippen LogP) is 3.00. The molecule has 0 saturated carbocycles. The number of aromatic nitrogens is 1. The lowest BCUT2D eigenvalue weighted by molar-refractivity contribution is 0.212. The van der Waals surface area contributed by atoms with Crippen molar-refractivity contribution in [3.63, 3.8) is 0 Å². The molecule has 0 bridgehead atoms. The molecule has 140 valence electrons. The molecular formula is C20H28N4O2. The Balaban J connectivity index is 1.67. The quantitative estimate of drug-likeness (QED) is 0.389. The monoisotopic (exact) mass is 356 g/mol. The largest absolute Gasteiger partial charge is 0.490 e. The van der Waals surface area contributed by atoms with Gasteiger partial charge in [0.15, 0.2) is 5.96 Å². The van der Waals surface area contributed by atoms with E-state index >= 15 is 0 Å². The molecule has 0 fully saturated rings. The number of aliphatic imine (C=N–C) groups is 1. The average molecular weight is 356 g/mol. The molecule has 1 heterocycles. The van der Waals surface area contributed by atoms with Gasteiger partial charge < -0.3 is 20.1 Å². The van der Waals surface area contributed by atoms with Crippen LogP contribution in [-0.2, 0) is 6.54 Å². The molecule has 0 atom stereocenters. The van der Waals surface area contributed by atoms with Gasteiger partial charge in [-0.05, 0) is 24.1 Å². The molecule has 26 heavy (non-hydrogen) atoms. The second-order valence-electron chi connectivity index (χ2n) is 5.72. The first-order valence-corrected chi connectivity index (χ1v) is 9.02. The van der Waals surface area contributed by atoms with E-state index in [-0.39, 0.29) is 0 Å². The third-order valence-electron chi connectivity index (χ3n) is 3.65. The van der Waals surface area contributed by atoms with E-state index in [9.17, 15) is 0 Å². The van der Waals surface area contributed by atoms with E-state index in [2.05, 4.69) is 27.5 Å². The number of pyridine rings is 1. The summed E-state index contributed by atoms with van der Waals surface area (Å²) in [5.74, 6) is 2.24. The van der Waals surface area contributed by atoms with Gasteiger partial charge in [-0.25, -0.2) is 4.98 Å². The Morgan fingerprint density at radius 3 is 2.54 bits per heavy atom. The van der Waals surface area contributed by atoms with Gasteiger partial charge in [0.2, 0.25) is 5.88 Å². The van der Waals surface area contributed by atoms with Crippen LogP contribution in [0.5, 0.6) is 11.6 Å². The minimum absolute atomic E-state index is 0.452. The second-order valence-corrected chi connectivity index (χ2v) is 5.72. The van der Waals surface area contributed by atoms with Crippen LogP contribution < -0.4 is 20.1 Å². The number of unbranched alkanes of at least 4 members (excludes halogenated alkanes) is 1.